The van der Waals surface area contributed by atoms with Gasteiger partial charge >= 0.3 is 5.97 Å². The summed E-state index contributed by atoms with van der Waals surface area (Å²) in [5.41, 5.74) is 0.112. The molecule has 1 aliphatic heterocycles. The van der Waals surface area contributed by atoms with Crippen LogP contribution in [0.3, 0.4) is 0 Å². The number of para-hydroxylation sites is 2. The SMILES string of the molecule is C[C@H](OC(=O)C[C@H]1Oc2ccccc2NC1=O)C(=O)Nc1cc(F)ccc1F. The zero-order chi connectivity index (χ0) is 20.3. The van der Waals surface area contributed by atoms with Crippen molar-refractivity contribution in [3.05, 3.63) is 54.1 Å². The van der Waals surface area contributed by atoms with E-state index in [0.29, 0.717) is 11.4 Å². The molecule has 0 spiro atoms. The highest BCUT2D eigenvalue weighted by Gasteiger charge is 2.31. The third-order valence-electron chi connectivity index (χ3n) is 3.92. The first kappa shape index (κ1) is 19.3. The van der Waals surface area contributed by atoms with Gasteiger partial charge in [-0.3, -0.25) is 14.4 Å². The molecule has 3 rings (SSSR count). The lowest BCUT2D eigenvalue weighted by Crippen LogP contribution is -2.40. The Morgan fingerprint density at radius 3 is 2.79 bits per heavy atom. The quantitative estimate of drug-likeness (QED) is 0.766. The fraction of sp³-hybridized carbons (Fsp3) is 0.211. The number of carbonyl (C=O) groups is 3. The van der Waals surface area contributed by atoms with E-state index in [0.717, 1.165) is 18.2 Å². The summed E-state index contributed by atoms with van der Waals surface area (Å²) in [5.74, 6) is -3.39. The van der Waals surface area contributed by atoms with Gasteiger partial charge in [-0.2, -0.15) is 0 Å². The van der Waals surface area contributed by atoms with Crippen molar-refractivity contribution in [2.45, 2.75) is 25.6 Å². The molecule has 0 fully saturated rings. The van der Waals surface area contributed by atoms with Crippen LogP contribution in [0.4, 0.5) is 20.2 Å². The van der Waals surface area contributed by atoms with E-state index in [9.17, 15) is 23.2 Å². The second-order valence-electron chi connectivity index (χ2n) is 6.04. The van der Waals surface area contributed by atoms with E-state index in [2.05, 4.69) is 10.6 Å². The molecule has 7 nitrogen and oxygen atoms in total. The highest BCUT2D eigenvalue weighted by atomic mass is 19.1. The molecule has 28 heavy (non-hydrogen) atoms. The number of carbonyl (C=O) groups excluding carboxylic acids is 3. The molecule has 2 amide bonds. The number of hydrogen-bond donors (Lipinski definition) is 2. The van der Waals surface area contributed by atoms with Gasteiger partial charge in [-0.15, -0.1) is 0 Å². The van der Waals surface area contributed by atoms with Gasteiger partial charge in [0.25, 0.3) is 11.8 Å². The minimum absolute atomic E-state index is 0.375. The summed E-state index contributed by atoms with van der Waals surface area (Å²) in [6, 6.07) is 9.29. The maximum Gasteiger partial charge on any atom is 0.310 e. The lowest BCUT2D eigenvalue weighted by Gasteiger charge is -2.25. The molecule has 2 atom stereocenters. The molecule has 2 aromatic carbocycles. The van der Waals surface area contributed by atoms with Gasteiger partial charge in [0.2, 0.25) is 0 Å². The van der Waals surface area contributed by atoms with Gasteiger partial charge in [-0.25, -0.2) is 8.78 Å². The summed E-state index contributed by atoms with van der Waals surface area (Å²) < 4.78 is 37.2. The third kappa shape index (κ3) is 4.43. The van der Waals surface area contributed by atoms with Crippen LogP contribution >= 0.6 is 0 Å². The predicted octanol–water partition coefficient (Wildman–Crippen LogP) is 2.62. The Balaban J connectivity index is 1.56. The maximum atomic E-state index is 13.6. The Morgan fingerprint density at radius 1 is 1.25 bits per heavy atom. The first-order chi connectivity index (χ1) is 13.3. The zero-order valence-electron chi connectivity index (χ0n) is 14.7. The lowest BCUT2D eigenvalue weighted by atomic mass is 10.1. The Morgan fingerprint density at radius 2 is 2.00 bits per heavy atom. The van der Waals surface area contributed by atoms with Gasteiger partial charge in [0.15, 0.2) is 12.2 Å². The number of fused-ring (bicyclic) bond motifs is 1. The summed E-state index contributed by atoms with van der Waals surface area (Å²) in [6.45, 7) is 1.27. The molecule has 1 heterocycles. The van der Waals surface area contributed by atoms with E-state index < -0.39 is 48.0 Å². The Hall–Kier alpha value is -3.49. The summed E-state index contributed by atoms with van der Waals surface area (Å²) in [6.07, 6.45) is -2.83. The molecule has 0 aliphatic carbocycles. The Labute approximate surface area is 158 Å². The van der Waals surface area contributed by atoms with Crippen molar-refractivity contribution in [2.75, 3.05) is 10.6 Å². The second-order valence-corrected chi connectivity index (χ2v) is 6.04. The van der Waals surface area contributed by atoms with Gasteiger partial charge < -0.3 is 20.1 Å². The van der Waals surface area contributed by atoms with Crippen LogP contribution in [0.5, 0.6) is 5.75 Å². The van der Waals surface area contributed by atoms with E-state index in [1.54, 1.807) is 24.3 Å². The van der Waals surface area contributed by atoms with Crippen molar-refractivity contribution in [3.63, 3.8) is 0 Å². The van der Waals surface area contributed by atoms with Crippen LogP contribution in [0, 0.1) is 11.6 Å². The number of hydrogen-bond acceptors (Lipinski definition) is 5. The molecule has 2 aromatic rings. The molecule has 146 valence electrons. The molecular weight excluding hydrogens is 374 g/mol. The second kappa shape index (κ2) is 8.03. The van der Waals surface area contributed by atoms with Crippen molar-refractivity contribution in [3.8, 4) is 5.75 Å². The minimum Gasteiger partial charge on any atom is -0.478 e. The highest BCUT2D eigenvalue weighted by molar-refractivity contribution is 6.00. The van der Waals surface area contributed by atoms with E-state index in [-0.39, 0.29) is 5.69 Å². The normalized spacial score (nSPS) is 16.2. The van der Waals surface area contributed by atoms with Gasteiger partial charge in [0.1, 0.15) is 17.4 Å². The van der Waals surface area contributed by atoms with E-state index in [1.165, 1.54) is 6.92 Å². The number of amides is 2. The van der Waals surface area contributed by atoms with Crippen LogP contribution in [0.2, 0.25) is 0 Å². The Bertz CT molecular complexity index is 934. The van der Waals surface area contributed by atoms with Gasteiger partial charge in [-0.05, 0) is 31.2 Å². The number of halogens is 2. The standard InChI is InChI=1S/C19H16F2N2O5/c1-10(18(25)23-14-8-11(20)6-7-12(14)21)27-17(24)9-16-19(26)22-13-4-2-3-5-15(13)28-16/h2-8,10,16H,9H2,1H3,(H,22,26)(H,23,25)/t10-,16+/m0/s1. The number of esters is 1. The van der Waals surface area contributed by atoms with E-state index >= 15 is 0 Å². The van der Waals surface area contributed by atoms with Gasteiger partial charge in [0.05, 0.1) is 17.8 Å². The molecule has 2 N–H and O–H groups in total. The molecule has 0 radical (unpaired) electrons. The van der Waals surface area contributed by atoms with Crippen molar-refractivity contribution >= 4 is 29.2 Å². The predicted molar refractivity (Wildman–Crippen MR) is 94.6 cm³/mol. The summed E-state index contributed by atoms with van der Waals surface area (Å²) in [4.78, 5) is 36.1. The van der Waals surface area contributed by atoms with Gasteiger partial charge in [0, 0.05) is 6.07 Å². The molecule has 1 aliphatic rings. The maximum absolute atomic E-state index is 13.6. The molecule has 0 saturated heterocycles. The van der Waals surface area contributed by atoms with Crippen LogP contribution in [-0.2, 0) is 19.1 Å². The fourth-order valence-corrected chi connectivity index (χ4v) is 2.50. The largest absolute Gasteiger partial charge is 0.478 e. The van der Waals surface area contributed by atoms with Crippen LogP contribution in [-0.4, -0.2) is 30.0 Å². The van der Waals surface area contributed by atoms with Crippen molar-refractivity contribution < 1.29 is 32.6 Å². The molecule has 9 heteroatoms. The summed E-state index contributed by atoms with van der Waals surface area (Å²) in [5, 5.41) is 4.75. The number of ether oxygens (including phenoxy) is 2. The molecule has 0 unspecified atom stereocenters. The summed E-state index contributed by atoms with van der Waals surface area (Å²) in [7, 11) is 0. The van der Waals surface area contributed by atoms with Crippen molar-refractivity contribution in [1.82, 2.24) is 0 Å². The smallest absolute Gasteiger partial charge is 0.310 e. The van der Waals surface area contributed by atoms with Crippen LogP contribution in [0.15, 0.2) is 42.5 Å². The van der Waals surface area contributed by atoms with E-state index in [4.69, 9.17) is 9.47 Å². The topological polar surface area (TPSA) is 93.7 Å². The zero-order valence-corrected chi connectivity index (χ0v) is 14.7. The first-order valence-corrected chi connectivity index (χ1v) is 8.35. The van der Waals surface area contributed by atoms with Crippen molar-refractivity contribution in [1.29, 1.82) is 0 Å². The average molecular weight is 390 g/mol. The number of nitrogens with one attached hydrogen (secondary N) is 2. The minimum atomic E-state index is -1.30. The number of rotatable bonds is 5. The number of anilines is 2. The summed E-state index contributed by atoms with van der Waals surface area (Å²) >= 11 is 0. The van der Waals surface area contributed by atoms with Crippen LogP contribution < -0.4 is 15.4 Å². The monoisotopic (exact) mass is 390 g/mol. The molecule has 0 aromatic heterocycles. The average Bonchev–Trinajstić information content (AvgIpc) is 2.65. The highest BCUT2D eigenvalue weighted by Crippen LogP contribution is 2.29. The molecule has 0 saturated carbocycles. The lowest BCUT2D eigenvalue weighted by molar-refractivity contribution is -0.155. The fourth-order valence-electron chi connectivity index (χ4n) is 2.50. The van der Waals surface area contributed by atoms with Crippen LogP contribution in [0.1, 0.15) is 13.3 Å². The van der Waals surface area contributed by atoms with Crippen LogP contribution in [0.25, 0.3) is 0 Å². The van der Waals surface area contributed by atoms with E-state index in [1.807, 2.05) is 0 Å². The first-order valence-electron chi connectivity index (χ1n) is 8.35. The van der Waals surface area contributed by atoms with Crippen molar-refractivity contribution in [2.24, 2.45) is 0 Å². The Kier molecular flexibility index (Phi) is 5.53. The number of benzene rings is 2. The third-order valence-corrected chi connectivity index (χ3v) is 3.92. The molecule has 0 bridgehead atoms. The molecular formula is C19H16F2N2O5. The van der Waals surface area contributed by atoms with Gasteiger partial charge in [-0.1, -0.05) is 12.1 Å².